The number of hydrogen-bond acceptors (Lipinski definition) is 2. The molecule has 2 aromatic carbocycles. The number of halogens is 3. The van der Waals surface area contributed by atoms with Crippen molar-refractivity contribution in [3.05, 3.63) is 58.6 Å². The number of anilines is 2. The maximum atomic E-state index is 13.4. The SMILES string of the molecule is Nc1cc(Cl)ccc1NC(=O)c1cc(F)ccc1F. The van der Waals surface area contributed by atoms with Crippen LogP contribution in [0.1, 0.15) is 10.4 Å². The van der Waals surface area contributed by atoms with E-state index in [1.54, 1.807) is 0 Å². The van der Waals surface area contributed by atoms with Gasteiger partial charge in [-0.3, -0.25) is 4.79 Å². The van der Waals surface area contributed by atoms with E-state index in [1.165, 1.54) is 18.2 Å². The lowest BCUT2D eigenvalue weighted by Gasteiger charge is -2.09. The fourth-order valence-corrected chi connectivity index (χ4v) is 1.69. The molecule has 3 nitrogen and oxygen atoms in total. The molecular formula is C13H9ClF2N2O. The third-order valence-corrected chi connectivity index (χ3v) is 2.67. The highest BCUT2D eigenvalue weighted by Gasteiger charge is 2.14. The van der Waals surface area contributed by atoms with Gasteiger partial charge in [0.15, 0.2) is 0 Å². The quantitative estimate of drug-likeness (QED) is 0.829. The first-order valence-electron chi connectivity index (χ1n) is 5.29. The summed E-state index contributed by atoms with van der Waals surface area (Å²) in [4.78, 5) is 11.8. The minimum atomic E-state index is -0.813. The van der Waals surface area contributed by atoms with Gasteiger partial charge in [-0.05, 0) is 36.4 Å². The van der Waals surface area contributed by atoms with Gasteiger partial charge in [0.1, 0.15) is 11.6 Å². The molecule has 19 heavy (non-hydrogen) atoms. The number of rotatable bonds is 2. The molecule has 1 amide bonds. The smallest absolute Gasteiger partial charge is 0.258 e. The van der Waals surface area contributed by atoms with E-state index in [0.717, 1.165) is 18.2 Å². The molecule has 0 heterocycles. The number of benzene rings is 2. The zero-order valence-corrected chi connectivity index (χ0v) is 10.3. The largest absolute Gasteiger partial charge is 0.397 e. The summed E-state index contributed by atoms with van der Waals surface area (Å²) in [6.45, 7) is 0. The third kappa shape index (κ3) is 3.00. The van der Waals surface area contributed by atoms with E-state index in [4.69, 9.17) is 17.3 Å². The summed E-state index contributed by atoms with van der Waals surface area (Å²) in [5.41, 5.74) is 5.76. The van der Waals surface area contributed by atoms with E-state index in [2.05, 4.69) is 5.32 Å². The van der Waals surface area contributed by atoms with Gasteiger partial charge in [0.05, 0.1) is 16.9 Å². The van der Waals surface area contributed by atoms with E-state index in [1.807, 2.05) is 0 Å². The van der Waals surface area contributed by atoms with Gasteiger partial charge in [0.25, 0.3) is 5.91 Å². The highest BCUT2D eigenvalue weighted by atomic mass is 35.5. The second-order valence-electron chi connectivity index (χ2n) is 3.81. The zero-order valence-electron chi connectivity index (χ0n) is 9.58. The van der Waals surface area contributed by atoms with Gasteiger partial charge >= 0.3 is 0 Å². The Hall–Kier alpha value is -2.14. The molecule has 0 saturated carbocycles. The Morgan fingerprint density at radius 1 is 1.16 bits per heavy atom. The third-order valence-electron chi connectivity index (χ3n) is 2.43. The number of carbonyl (C=O) groups is 1. The summed E-state index contributed by atoms with van der Waals surface area (Å²) >= 11 is 5.71. The maximum Gasteiger partial charge on any atom is 0.258 e. The van der Waals surface area contributed by atoms with Crippen LogP contribution in [0, 0.1) is 11.6 Å². The van der Waals surface area contributed by atoms with Gasteiger partial charge in [0, 0.05) is 5.02 Å². The maximum absolute atomic E-state index is 13.4. The van der Waals surface area contributed by atoms with Crippen LogP contribution in [0.2, 0.25) is 5.02 Å². The van der Waals surface area contributed by atoms with Gasteiger partial charge in [-0.1, -0.05) is 11.6 Å². The van der Waals surface area contributed by atoms with Gasteiger partial charge in [-0.25, -0.2) is 8.78 Å². The van der Waals surface area contributed by atoms with Crippen molar-refractivity contribution in [1.29, 1.82) is 0 Å². The molecular weight excluding hydrogens is 274 g/mol. The fraction of sp³-hybridized carbons (Fsp3) is 0. The molecule has 98 valence electrons. The molecule has 6 heteroatoms. The Morgan fingerprint density at radius 3 is 2.58 bits per heavy atom. The van der Waals surface area contributed by atoms with Crippen LogP contribution in [0.3, 0.4) is 0 Å². The number of hydrogen-bond donors (Lipinski definition) is 2. The first-order chi connectivity index (χ1) is 8.97. The van der Waals surface area contributed by atoms with Crippen molar-refractivity contribution in [2.75, 3.05) is 11.1 Å². The molecule has 0 aliphatic heterocycles. The molecule has 0 fully saturated rings. The number of carbonyl (C=O) groups excluding carboxylic acids is 1. The van der Waals surface area contributed by atoms with Crippen LogP contribution in [-0.2, 0) is 0 Å². The molecule has 3 N–H and O–H groups in total. The van der Waals surface area contributed by atoms with Crippen LogP contribution in [-0.4, -0.2) is 5.91 Å². The molecule has 2 rings (SSSR count). The molecule has 2 aromatic rings. The number of nitrogen functional groups attached to an aromatic ring is 1. The van der Waals surface area contributed by atoms with Crippen molar-refractivity contribution < 1.29 is 13.6 Å². The molecule has 0 radical (unpaired) electrons. The van der Waals surface area contributed by atoms with Gasteiger partial charge < -0.3 is 11.1 Å². The first-order valence-corrected chi connectivity index (χ1v) is 5.66. The van der Waals surface area contributed by atoms with E-state index < -0.39 is 23.1 Å². The molecule has 0 aliphatic rings. The summed E-state index contributed by atoms with van der Waals surface area (Å²) in [6, 6.07) is 7.08. The van der Waals surface area contributed by atoms with Gasteiger partial charge in [-0.15, -0.1) is 0 Å². The lowest BCUT2D eigenvalue weighted by atomic mass is 10.2. The molecule has 0 atom stereocenters. The summed E-state index contributed by atoms with van der Waals surface area (Å²) in [6.07, 6.45) is 0. The average Bonchev–Trinajstić information content (AvgIpc) is 2.35. The van der Waals surface area contributed by atoms with E-state index >= 15 is 0 Å². The second kappa shape index (κ2) is 5.24. The summed E-state index contributed by atoms with van der Waals surface area (Å²) in [5, 5.41) is 2.80. The van der Waals surface area contributed by atoms with Crippen LogP contribution < -0.4 is 11.1 Å². The van der Waals surface area contributed by atoms with Crippen molar-refractivity contribution in [1.82, 2.24) is 0 Å². The highest BCUT2D eigenvalue weighted by molar-refractivity contribution is 6.31. The van der Waals surface area contributed by atoms with Crippen LogP contribution in [0.4, 0.5) is 20.2 Å². The van der Waals surface area contributed by atoms with Crippen LogP contribution in [0.25, 0.3) is 0 Å². The second-order valence-corrected chi connectivity index (χ2v) is 4.25. The van der Waals surface area contributed by atoms with Crippen molar-refractivity contribution in [2.24, 2.45) is 0 Å². The minimum absolute atomic E-state index is 0.234. The standard InChI is InChI=1S/C13H9ClF2N2O/c14-7-1-4-12(11(17)5-7)18-13(19)9-6-8(15)2-3-10(9)16/h1-6H,17H2,(H,18,19). The van der Waals surface area contributed by atoms with E-state index in [0.29, 0.717) is 5.02 Å². The monoisotopic (exact) mass is 282 g/mol. The Morgan fingerprint density at radius 2 is 1.89 bits per heavy atom. The lowest BCUT2D eigenvalue weighted by molar-refractivity contribution is 0.102. The molecule has 0 aliphatic carbocycles. The molecule has 0 aromatic heterocycles. The number of amides is 1. The molecule has 0 spiro atoms. The molecule has 0 saturated heterocycles. The van der Waals surface area contributed by atoms with E-state index in [9.17, 15) is 13.6 Å². The zero-order chi connectivity index (χ0) is 14.0. The molecule has 0 bridgehead atoms. The van der Waals surface area contributed by atoms with Gasteiger partial charge in [0.2, 0.25) is 0 Å². The first kappa shape index (κ1) is 13.3. The van der Waals surface area contributed by atoms with Crippen LogP contribution in [0.5, 0.6) is 0 Å². The Balaban J connectivity index is 2.28. The van der Waals surface area contributed by atoms with E-state index in [-0.39, 0.29) is 11.4 Å². The Labute approximate surface area is 113 Å². The number of nitrogens with two attached hydrogens (primary N) is 1. The van der Waals surface area contributed by atoms with Crippen molar-refractivity contribution in [3.63, 3.8) is 0 Å². The van der Waals surface area contributed by atoms with Crippen LogP contribution >= 0.6 is 11.6 Å². The van der Waals surface area contributed by atoms with Crippen LogP contribution in [0.15, 0.2) is 36.4 Å². The Kier molecular flexibility index (Phi) is 3.66. The summed E-state index contributed by atoms with van der Waals surface area (Å²) in [5.74, 6) is -2.30. The highest BCUT2D eigenvalue weighted by Crippen LogP contribution is 2.23. The van der Waals surface area contributed by atoms with Crippen molar-refractivity contribution in [3.8, 4) is 0 Å². The predicted molar refractivity (Wildman–Crippen MR) is 70.2 cm³/mol. The fourth-order valence-electron chi connectivity index (χ4n) is 1.51. The normalized spacial score (nSPS) is 10.3. The van der Waals surface area contributed by atoms with Crippen molar-refractivity contribution >= 4 is 28.9 Å². The Bertz CT molecular complexity index is 647. The lowest BCUT2D eigenvalue weighted by Crippen LogP contribution is -2.15. The average molecular weight is 283 g/mol. The summed E-state index contributed by atoms with van der Waals surface area (Å²) < 4.78 is 26.4. The summed E-state index contributed by atoms with van der Waals surface area (Å²) in [7, 11) is 0. The minimum Gasteiger partial charge on any atom is -0.397 e. The van der Waals surface area contributed by atoms with Crippen molar-refractivity contribution in [2.45, 2.75) is 0 Å². The number of nitrogens with one attached hydrogen (secondary N) is 1. The topological polar surface area (TPSA) is 55.1 Å². The molecule has 0 unspecified atom stereocenters. The predicted octanol–water partition coefficient (Wildman–Crippen LogP) is 3.45. The van der Waals surface area contributed by atoms with Gasteiger partial charge in [-0.2, -0.15) is 0 Å².